The van der Waals surface area contributed by atoms with E-state index >= 15 is 0 Å². The first-order valence-electron chi connectivity index (χ1n) is 9.49. The van der Waals surface area contributed by atoms with Crippen molar-refractivity contribution in [3.63, 3.8) is 0 Å². The molecule has 3 rings (SSSR count). The Kier molecular flexibility index (Phi) is 5.57. The lowest BCUT2D eigenvalue weighted by Gasteiger charge is -2.27. The second-order valence-electron chi connectivity index (χ2n) is 7.30. The van der Waals surface area contributed by atoms with Gasteiger partial charge in [0, 0.05) is 13.6 Å². The number of aryl methyl sites for hydroxylation is 1. The number of aromatic nitrogens is 2. The zero-order valence-corrected chi connectivity index (χ0v) is 15.7. The summed E-state index contributed by atoms with van der Waals surface area (Å²) in [6, 6.07) is 8.27. The number of carbonyl (C=O) groups excluding carboxylic acids is 1. The minimum atomic E-state index is 0.0979. The lowest BCUT2D eigenvalue weighted by atomic mass is 9.89. The first-order chi connectivity index (χ1) is 12.1. The first-order valence-corrected chi connectivity index (χ1v) is 9.49. The van der Waals surface area contributed by atoms with Crippen LogP contribution in [0.25, 0.3) is 5.69 Å². The number of amides is 1. The summed E-state index contributed by atoms with van der Waals surface area (Å²) in [5.74, 6) is 0.751. The van der Waals surface area contributed by atoms with Gasteiger partial charge in [0.25, 0.3) is 5.91 Å². The third kappa shape index (κ3) is 3.94. The Hall–Kier alpha value is -2.10. The maximum atomic E-state index is 13.0. The van der Waals surface area contributed by atoms with Crippen molar-refractivity contribution in [1.82, 2.24) is 14.7 Å². The van der Waals surface area contributed by atoms with Gasteiger partial charge in [-0.15, -0.1) is 0 Å². The molecule has 1 saturated carbocycles. The fourth-order valence-corrected chi connectivity index (χ4v) is 3.85. The lowest BCUT2D eigenvalue weighted by Crippen LogP contribution is -2.33. The minimum absolute atomic E-state index is 0.0979. The molecule has 4 heteroatoms. The van der Waals surface area contributed by atoms with E-state index in [9.17, 15) is 4.79 Å². The number of hydrogen-bond donors (Lipinski definition) is 0. The molecule has 0 aliphatic heterocycles. The van der Waals surface area contributed by atoms with Crippen molar-refractivity contribution in [2.75, 3.05) is 13.6 Å². The van der Waals surface area contributed by atoms with Gasteiger partial charge in [0.15, 0.2) is 0 Å². The van der Waals surface area contributed by atoms with Gasteiger partial charge in [0.05, 0.1) is 23.1 Å². The fourth-order valence-electron chi connectivity index (χ4n) is 3.85. The molecule has 0 atom stereocenters. The average Bonchev–Trinajstić information content (AvgIpc) is 3.06. The highest BCUT2D eigenvalue weighted by Crippen LogP contribution is 2.25. The van der Waals surface area contributed by atoms with Crippen LogP contribution in [-0.2, 0) is 6.42 Å². The van der Waals surface area contributed by atoms with Crippen LogP contribution in [0.4, 0.5) is 0 Å². The number of carbonyl (C=O) groups is 1. The summed E-state index contributed by atoms with van der Waals surface area (Å²) in [4.78, 5) is 14.9. The highest BCUT2D eigenvalue weighted by Gasteiger charge is 2.23. The Bertz CT molecular complexity index is 711. The van der Waals surface area contributed by atoms with E-state index in [2.05, 4.69) is 43.2 Å². The van der Waals surface area contributed by atoms with Crippen LogP contribution >= 0.6 is 0 Å². The molecular formula is C21H29N3O. The summed E-state index contributed by atoms with van der Waals surface area (Å²) in [5.41, 5.74) is 3.96. The van der Waals surface area contributed by atoms with E-state index < -0.39 is 0 Å². The van der Waals surface area contributed by atoms with Crippen LogP contribution in [0.15, 0.2) is 30.5 Å². The van der Waals surface area contributed by atoms with Crippen LogP contribution < -0.4 is 0 Å². The maximum absolute atomic E-state index is 13.0. The molecule has 1 aliphatic carbocycles. The summed E-state index contributed by atoms with van der Waals surface area (Å²) in [7, 11) is 1.93. The zero-order chi connectivity index (χ0) is 17.8. The molecule has 2 aromatic rings. The molecule has 1 aliphatic rings. The van der Waals surface area contributed by atoms with E-state index in [4.69, 9.17) is 0 Å². The molecule has 25 heavy (non-hydrogen) atoms. The third-order valence-corrected chi connectivity index (χ3v) is 5.32. The molecule has 1 aromatic carbocycles. The summed E-state index contributed by atoms with van der Waals surface area (Å²) in [5, 5.41) is 4.51. The van der Waals surface area contributed by atoms with Gasteiger partial charge in [-0.25, -0.2) is 4.68 Å². The van der Waals surface area contributed by atoms with Crippen LogP contribution in [0.3, 0.4) is 0 Å². The van der Waals surface area contributed by atoms with Crippen molar-refractivity contribution >= 4 is 5.91 Å². The Morgan fingerprint density at radius 1 is 1.20 bits per heavy atom. The van der Waals surface area contributed by atoms with E-state index in [1.165, 1.54) is 37.7 Å². The maximum Gasteiger partial charge on any atom is 0.257 e. The molecule has 1 heterocycles. The summed E-state index contributed by atoms with van der Waals surface area (Å²) in [6.07, 6.45) is 8.97. The average molecular weight is 339 g/mol. The van der Waals surface area contributed by atoms with Crippen molar-refractivity contribution in [3.05, 3.63) is 47.3 Å². The fraction of sp³-hybridized carbons (Fsp3) is 0.524. The SMILES string of the molecule is CCc1c(C(=O)N(C)CC2CCCCC2)cnn1-c1ccc(C)cc1. The smallest absolute Gasteiger partial charge is 0.257 e. The molecule has 1 aromatic heterocycles. The van der Waals surface area contributed by atoms with Crippen molar-refractivity contribution < 1.29 is 4.79 Å². The molecule has 134 valence electrons. The van der Waals surface area contributed by atoms with E-state index in [1.807, 2.05) is 16.6 Å². The Morgan fingerprint density at radius 3 is 2.52 bits per heavy atom. The molecule has 0 spiro atoms. The van der Waals surface area contributed by atoms with Crippen molar-refractivity contribution in [1.29, 1.82) is 0 Å². The molecule has 1 fully saturated rings. The van der Waals surface area contributed by atoms with Crippen LogP contribution in [0.1, 0.15) is 60.6 Å². The second kappa shape index (κ2) is 7.85. The van der Waals surface area contributed by atoms with Crippen molar-refractivity contribution in [2.24, 2.45) is 5.92 Å². The van der Waals surface area contributed by atoms with Crippen molar-refractivity contribution in [2.45, 2.75) is 52.4 Å². The number of rotatable bonds is 5. The molecule has 4 nitrogen and oxygen atoms in total. The number of benzene rings is 1. The number of hydrogen-bond acceptors (Lipinski definition) is 2. The molecule has 0 unspecified atom stereocenters. The molecule has 0 N–H and O–H groups in total. The summed E-state index contributed by atoms with van der Waals surface area (Å²) in [6.45, 7) is 5.01. The monoisotopic (exact) mass is 339 g/mol. The zero-order valence-electron chi connectivity index (χ0n) is 15.7. The van der Waals surface area contributed by atoms with Gasteiger partial charge in [-0.1, -0.05) is 43.9 Å². The van der Waals surface area contributed by atoms with Gasteiger partial charge in [0.2, 0.25) is 0 Å². The highest BCUT2D eigenvalue weighted by atomic mass is 16.2. The minimum Gasteiger partial charge on any atom is -0.341 e. The van der Waals surface area contributed by atoms with Crippen LogP contribution in [0.5, 0.6) is 0 Å². The quantitative estimate of drug-likeness (QED) is 0.810. The molecule has 0 radical (unpaired) electrons. The van der Waals surface area contributed by atoms with Gasteiger partial charge < -0.3 is 4.90 Å². The molecule has 0 saturated heterocycles. The van der Waals surface area contributed by atoms with E-state index in [1.54, 1.807) is 6.20 Å². The Morgan fingerprint density at radius 2 is 1.88 bits per heavy atom. The molecular weight excluding hydrogens is 310 g/mol. The van der Waals surface area contributed by atoms with Crippen LogP contribution in [-0.4, -0.2) is 34.2 Å². The van der Waals surface area contributed by atoms with Crippen LogP contribution in [0.2, 0.25) is 0 Å². The Labute approximate surface area is 150 Å². The van der Waals surface area contributed by atoms with Crippen LogP contribution in [0, 0.1) is 12.8 Å². The van der Waals surface area contributed by atoms with Gasteiger partial charge >= 0.3 is 0 Å². The Balaban J connectivity index is 1.79. The lowest BCUT2D eigenvalue weighted by molar-refractivity contribution is 0.0759. The van der Waals surface area contributed by atoms with Gasteiger partial charge in [-0.05, 0) is 44.2 Å². The predicted molar refractivity (Wildman–Crippen MR) is 101 cm³/mol. The topological polar surface area (TPSA) is 38.1 Å². The molecule has 0 bridgehead atoms. The van der Waals surface area contributed by atoms with E-state index in [-0.39, 0.29) is 5.91 Å². The predicted octanol–water partition coefficient (Wildman–Crippen LogP) is 4.40. The van der Waals surface area contributed by atoms with Crippen molar-refractivity contribution in [3.8, 4) is 5.69 Å². The summed E-state index contributed by atoms with van der Waals surface area (Å²) >= 11 is 0. The van der Waals surface area contributed by atoms with Gasteiger partial charge in [0.1, 0.15) is 0 Å². The van der Waals surface area contributed by atoms with Gasteiger partial charge in [-0.3, -0.25) is 4.79 Å². The second-order valence-corrected chi connectivity index (χ2v) is 7.30. The summed E-state index contributed by atoms with van der Waals surface area (Å²) < 4.78 is 1.90. The largest absolute Gasteiger partial charge is 0.341 e. The third-order valence-electron chi connectivity index (χ3n) is 5.32. The molecule has 1 amide bonds. The first kappa shape index (κ1) is 17.7. The van der Waals surface area contributed by atoms with Gasteiger partial charge in [-0.2, -0.15) is 5.10 Å². The number of nitrogens with zero attached hydrogens (tertiary/aromatic N) is 3. The normalized spacial score (nSPS) is 15.3. The standard InChI is InChI=1S/C21H29N3O/c1-4-20-19(14-22-24(20)18-12-10-16(2)11-13-18)21(25)23(3)15-17-8-6-5-7-9-17/h10-14,17H,4-9,15H2,1-3H3. The van der Waals surface area contributed by atoms with E-state index in [0.717, 1.165) is 29.9 Å². The highest BCUT2D eigenvalue weighted by molar-refractivity contribution is 5.95. The van der Waals surface area contributed by atoms with E-state index in [0.29, 0.717) is 5.92 Å².